The molecule has 3 rings (SSSR count). The lowest BCUT2D eigenvalue weighted by atomic mass is 10.2. The molecular weight excluding hydrogens is 458 g/mol. The lowest BCUT2D eigenvalue weighted by Crippen LogP contribution is -2.25. The number of para-hydroxylation sites is 1. The van der Waals surface area contributed by atoms with Crippen molar-refractivity contribution in [3.8, 4) is 0 Å². The minimum Gasteiger partial charge on any atom is -0.445 e. The van der Waals surface area contributed by atoms with E-state index in [0.29, 0.717) is 12.5 Å². The van der Waals surface area contributed by atoms with Crippen LogP contribution in [-0.2, 0) is 11.3 Å². The average molecular weight is 484 g/mol. The molecule has 8 heteroatoms. The highest BCUT2D eigenvalue weighted by molar-refractivity contribution is 9.10. The van der Waals surface area contributed by atoms with Crippen molar-refractivity contribution < 1.29 is 9.53 Å². The molecule has 1 heterocycles. The Balaban J connectivity index is 1.29. The second kappa shape index (κ2) is 12.5. The summed E-state index contributed by atoms with van der Waals surface area (Å²) in [5.41, 5.74) is 1.91. The summed E-state index contributed by atoms with van der Waals surface area (Å²) in [7, 11) is 0. The number of nitrogens with one attached hydrogen (secondary N) is 3. The highest BCUT2D eigenvalue weighted by Crippen LogP contribution is 2.22. The van der Waals surface area contributed by atoms with E-state index in [9.17, 15) is 4.79 Å². The largest absolute Gasteiger partial charge is 0.445 e. The lowest BCUT2D eigenvalue weighted by molar-refractivity contribution is 0.139. The number of unbranched alkanes of at least 4 members (excludes halogenated alkanes) is 2. The zero-order valence-electron chi connectivity index (χ0n) is 17.2. The van der Waals surface area contributed by atoms with E-state index in [4.69, 9.17) is 4.74 Å². The fourth-order valence-corrected chi connectivity index (χ4v) is 3.13. The fourth-order valence-electron chi connectivity index (χ4n) is 2.80. The number of hydrogen-bond donors (Lipinski definition) is 3. The Hall–Kier alpha value is -3.13. The number of hydrogen-bond acceptors (Lipinski definition) is 6. The molecule has 0 radical (unpaired) electrons. The Morgan fingerprint density at radius 1 is 0.935 bits per heavy atom. The molecule has 3 aromatic rings. The number of anilines is 3. The first-order valence-corrected chi connectivity index (χ1v) is 11.0. The molecule has 0 aliphatic heterocycles. The Bertz CT molecular complexity index is 941. The van der Waals surface area contributed by atoms with E-state index in [0.717, 1.165) is 47.3 Å². The molecule has 31 heavy (non-hydrogen) atoms. The molecule has 1 amide bonds. The second-order valence-electron chi connectivity index (χ2n) is 6.86. The molecule has 0 fully saturated rings. The molecule has 0 spiro atoms. The minimum absolute atomic E-state index is 0.283. The fraction of sp³-hybridized carbons (Fsp3) is 0.261. The highest BCUT2D eigenvalue weighted by Gasteiger charge is 2.05. The topological polar surface area (TPSA) is 88.2 Å². The SMILES string of the molecule is O=C(NCCCCCNc1nc(Nc2ccccc2)ncc1Br)OCc1ccccc1. The molecule has 162 valence electrons. The van der Waals surface area contributed by atoms with Gasteiger partial charge in [0.25, 0.3) is 0 Å². The minimum atomic E-state index is -0.384. The first kappa shape index (κ1) is 22.6. The first-order chi connectivity index (χ1) is 15.2. The summed E-state index contributed by atoms with van der Waals surface area (Å²) < 4.78 is 6.01. The highest BCUT2D eigenvalue weighted by atomic mass is 79.9. The zero-order chi connectivity index (χ0) is 21.7. The summed E-state index contributed by atoms with van der Waals surface area (Å²) in [6.07, 6.45) is 4.16. The van der Waals surface area contributed by atoms with Gasteiger partial charge in [0.15, 0.2) is 0 Å². The molecule has 0 saturated carbocycles. The predicted molar refractivity (Wildman–Crippen MR) is 126 cm³/mol. The van der Waals surface area contributed by atoms with Crippen LogP contribution in [0.1, 0.15) is 24.8 Å². The van der Waals surface area contributed by atoms with Crippen molar-refractivity contribution in [2.75, 3.05) is 23.7 Å². The van der Waals surface area contributed by atoms with Crippen LogP contribution in [0.5, 0.6) is 0 Å². The first-order valence-electron chi connectivity index (χ1n) is 10.2. The maximum Gasteiger partial charge on any atom is 0.407 e. The standard InChI is InChI=1S/C23H26BrN5O2/c24-20-16-27-22(28-19-12-6-2-7-13-19)29-21(20)25-14-8-3-9-15-26-23(30)31-17-18-10-4-1-5-11-18/h1-2,4-7,10-13,16H,3,8-9,14-15,17H2,(H,26,30)(H2,25,27,28,29). The Morgan fingerprint density at radius 3 is 2.42 bits per heavy atom. The monoisotopic (exact) mass is 483 g/mol. The van der Waals surface area contributed by atoms with Gasteiger partial charge < -0.3 is 20.7 Å². The van der Waals surface area contributed by atoms with Crippen molar-refractivity contribution in [1.82, 2.24) is 15.3 Å². The second-order valence-corrected chi connectivity index (χ2v) is 7.71. The average Bonchev–Trinajstić information content (AvgIpc) is 2.80. The molecule has 0 saturated heterocycles. The summed E-state index contributed by atoms with van der Waals surface area (Å²) in [6.45, 7) is 1.65. The van der Waals surface area contributed by atoms with Gasteiger partial charge in [0.2, 0.25) is 5.95 Å². The van der Waals surface area contributed by atoms with Crippen molar-refractivity contribution in [2.24, 2.45) is 0 Å². The van der Waals surface area contributed by atoms with E-state index in [1.54, 1.807) is 6.20 Å². The summed E-state index contributed by atoms with van der Waals surface area (Å²) in [6, 6.07) is 19.4. The maximum absolute atomic E-state index is 11.7. The van der Waals surface area contributed by atoms with Gasteiger partial charge in [-0.2, -0.15) is 4.98 Å². The number of carbonyl (C=O) groups is 1. The quantitative estimate of drug-likeness (QED) is 0.312. The number of halogens is 1. The lowest BCUT2D eigenvalue weighted by Gasteiger charge is -2.10. The van der Waals surface area contributed by atoms with Crippen molar-refractivity contribution in [2.45, 2.75) is 25.9 Å². The van der Waals surface area contributed by atoms with Crippen LogP contribution in [0.15, 0.2) is 71.3 Å². The molecule has 1 aromatic heterocycles. The van der Waals surface area contributed by atoms with E-state index >= 15 is 0 Å². The number of alkyl carbamates (subject to hydrolysis) is 1. The molecule has 0 bridgehead atoms. The van der Waals surface area contributed by atoms with Crippen molar-refractivity contribution >= 4 is 39.5 Å². The molecule has 0 aliphatic carbocycles. The number of ether oxygens (including phenoxy) is 1. The summed E-state index contributed by atoms with van der Waals surface area (Å²) in [5.74, 6) is 1.28. The molecule has 7 nitrogen and oxygen atoms in total. The van der Waals surface area contributed by atoms with Gasteiger partial charge in [-0.05, 0) is 52.9 Å². The summed E-state index contributed by atoms with van der Waals surface area (Å²) >= 11 is 3.48. The van der Waals surface area contributed by atoms with Gasteiger partial charge in [0.05, 0.1) is 4.47 Å². The van der Waals surface area contributed by atoms with Crippen LogP contribution in [0.25, 0.3) is 0 Å². The molecular formula is C23H26BrN5O2. The van der Waals surface area contributed by atoms with E-state index < -0.39 is 0 Å². The number of aromatic nitrogens is 2. The van der Waals surface area contributed by atoms with E-state index in [-0.39, 0.29) is 12.7 Å². The predicted octanol–water partition coefficient (Wildman–Crippen LogP) is 5.49. The molecule has 0 atom stereocenters. The molecule has 0 unspecified atom stereocenters. The van der Waals surface area contributed by atoms with Crippen LogP contribution in [0.4, 0.5) is 22.2 Å². The third kappa shape index (κ3) is 8.25. The third-order valence-corrected chi connectivity index (χ3v) is 4.98. The van der Waals surface area contributed by atoms with Crippen LogP contribution >= 0.6 is 15.9 Å². The number of benzene rings is 2. The van der Waals surface area contributed by atoms with Crippen LogP contribution in [0.3, 0.4) is 0 Å². The van der Waals surface area contributed by atoms with Gasteiger partial charge in [-0.1, -0.05) is 48.5 Å². The Labute approximate surface area is 190 Å². The summed E-state index contributed by atoms with van der Waals surface area (Å²) in [5, 5.41) is 9.30. The molecule has 2 aromatic carbocycles. The maximum atomic E-state index is 11.7. The van der Waals surface area contributed by atoms with Gasteiger partial charge in [0.1, 0.15) is 12.4 Å². The van der Waals surface area contributed by atoms with Crippen LogP contribution < -0.4 is 16.0 Å². The normalized spacial score (nSPS) is 10.4. The van der Waals surface area contributed by atoms with Crippen LogP contribution in [-0.4, -0.2) is 29.2 Å². The van der Waals surface area contributed by atoms with E-state index in [1.165, 1.54) is 0 Å². The smallest absolute Gasteiger partial charge is 0.407 e. The van der Waals surface area contributed by atoms with E-state index in [1.807, 2.05) is 60.7 Å². The van der Waals surface area contributed by atoms with Crippen molar-refractivity contribution in [1.29, 1.82) is 0 Å². The van der Waals surface area contributed by atoms with E-state index in [2.05, 4.69) is 41.8 Å². The van der Waals surface area contributed by atoms with Crippen LogP contribution in [0.2, 0.25) is 0 Å². The Kier molecular flexibility index (Phi) is 9.12. The number of rotatable bonds is 11. The number of amides is 1. The van der Waals surface area contributed by atoms with Crippen molar-refractivity contribution in [3.63, 3.8) is 0 Å². The molecule has 3 N–H and O–H groups in total. The number of nitrogens with zero attached hydrogens (tertiary/aromatic N) is 2. The van der Waals surface area contributed by atoms with Gasteiger partial charge in [-0.3, -0.25) is 0 Å². The molecule has 0 aliphatic rings. The number of carbonyl (C=O) groups excluding carboxylic acids is 1. The van der Waals surface area contributed by atoms with Crippen molar-refractivity contribution in [3.05, 3.63) is 76.9 Å². The third-order valence-electron chi connectivity index (χ3n) is 4.40. The van der Waals surface area contributed by atoms with Gasteiger partial charge in [-0.25, -0.2) is 9.78 Å². The zero-order valence-corrected chi connectivity index (χ0v) is 18.8. The van der Waals surface area contributed by atoms with Gasteiger partial charge >= 0.3 is 6.09 Å². The van der Waals surface area contributed by atoms with Gasteiger partial charge in [0, 0.05) is 25.0 Å². The summed E-state index contributed by atoms with van der Waals surface area (Å²) in [4.78, 5) is 20.5. The van der Waals surface area contributed by atoms with Crippen LogP contribution in [0, 0.1) is 0 Å². The Morgan fingerprint density at radius 2 is 1.65 bits per heavy atom. The van der Waals surface area contributed by atoms with Gasteiger partial charge in [-0.15, -0.1) is 0 Å².